The highest BCUT2D eigenvalue weighted by atomic mass is 16.4. The summed E-state index contributed by atoms with van der Waals surface area (Å²) in [5.74, 6) is 0.155. The summed E-state index contributed by atoms with van der Waals surface area (Å²) >= 11 is 0. The lowest BCUT2D eigenvalue weighted by Crippen LogP contribution is -2.58. The van der Waals surface area contributed by atoms with Gasteiger partial charge in [-0.3, -0.25) is 0 Å². The molecule has 0 radical (unpaired) electrons. The predicted octanol–water partition coefficient (Wildman–Crippen LogP) is 1.73. The molecule has 0 aromatic heterocycles. The fourth-order valence-corrected chi connectivity index (χ4v) is 2.59. The minimum absolute atomic E-state index is 0.221. The van der Waals surface area contributed by atoms with Crippen molar-refractivity contribution in [2.75, 3.05) is 0 Å². The van der Waals surface area contributed by atoms with Gasteiger partial charge in [-0.2, -0.15) is 0 Å². The number of aliphatic carboxylic acids is 1. The normalized spacial score (nSPS) is 38.9. The Bertz CT molecular complexity index is 348. The molecule has 0 saturated heterocycles. The maximum atomic E-state index is 11.8. The monoisotopic (exact) mass is 254 g/mol. The molecule has 0 aromatic carbocycles. The Morgan fingerprint density at radius 1 is 1.22 bits per heavy atom. The highest BCUT2D eigenvalue weighted by Gasteiger charge is 2.43. The molecule has 2 unspecified atom stereocenters. The van der Waals surface area contributed by atoms with Crippen molar-refractivity contribution in [1.29, 1.82) is 0 Å². The summed E-state index contributed by atoms with van der Waals surface area (Å²) in [4.78, 5) is 23.3. The summed E-state index contributed by atoms with van der Waals surface area (Å²) in [5, 5.41) is 14.9. The van der Waals surface area contributed by atoms with E-state index in [0.717, 1.165) is 19.3 Å². The number of carboxylic acid groups (broad SMARTS) is 1. The number of carboxylic acids is 1. The third-order valence-electron chi connectivity index (χ3n) is 4.32. The van der Waals surface area contributed by atoms with Gasteiger partial charge in [0.15, 0.2) is 0 Å². The standard InChI is InChI=1S/C13H22N2O3/c1-8-3-5-13(6-4-8,11(16)17)15-12(18)14-10-7-9(10)2/h8-10H,3-7H2,1-2H3,(H,16,17)(H2,14,15,18). The topological polar surface area (TPSA) is 78.4 Å². The van der Waals surface area contributed by atoms with Gasteiger partial charge in [0.05, 0.1) is 0 Å². The van der Waals surface area contributed by atoms with E-state index in [4.69, 9.17) is 0 Å². The van der Waals surface area contributed by atoms with Crippen molar-refractivity contribution >= 4 is 12.0 Å². The van der Waals surface area contributed by atoms with Gasteiger partial charge in [0.25, 0.3) is 0 Å². The van der Waals surface area contributed by atoms with Crippen LogP contribution in [-0.4, -0.2) is 28.7 Å². The van der Waals surface area contributed by atoms with Crippen LogP contribution in [0, 0.1) is 11.8 Å². The van der Waals surface area contributed by atoms with E-state index < -0.39 is 11.5 Å². The second-order valence-electron chi connectivity index (χ2n) is 5.99. The first-order valence-corrected chi connectivity index (χ1v) is 6.75. The molecule has 0 bridgehead atoms. The molecule has 3 N–H and O–H groups in total. The summed E-state index contributed by atoms with van der Waals surface area (Å²) < 4.78 is 0. The van der Waals surface area contributed by atoms with Gasteiger partial charge in [-0.25, -0.2) is 9.59 Å². The number of nitrogens with one attached hydrogen (secondary N) is 2. The van der Waals surface area contributed by atoms with E-state index in [-0.39, 0.29) is 12.1 Å². The van der Waals surface area contributed by atoms with Crippen molar-refractivity contribution < 1.29 is 14.7 Å². The Morgan fingerprint density at radius 3 is 2.22 bits per heavy atom. The molecular formula is C13H22N2O3. The smallest absolute Gasteiger partial charge is 0.329 e. The Labute approximate surface area is 107 Å². The van der Waals surface area contributed by atoms with Crippen LogP contribution in [0.5, 0.6) is 0 Å². The van der Waals surface area contributed by atoms with Crippen LogP contribution < -0.4 is 10.6 Å². The lowest BCUT2D eigenvalue weighted by molar-refractivity contribution is -0.146. The maximum Gasteiger partial charge on any atom is 0.329 e. The van der Waals surface area contributed by atoms with E-state index in [9.17, 15) is 14.7 Å². The summed E-state index contributed by atoms with van der Waals surface area (Å²) in [6.45, 7) is 4.19. The van der Waals surface area contributed by atoms with E-state index in [2.05, 4.69) is 24.5 Å². The summed E-state index contributed by atoms with van der Waals surface area (Å²) in [6, 6.07) is -0.111. The second-order valence-corrected chi connectivity index (χ2v) is 5.99. The van der Waals surface area contributed by atoms with Crippen molar-refractivity contribution in [3.63, 3.8) is 0 Å². The van der Waals surface area contributed by atoms with Gasteiger partial charge in [0.1, 0.15) is 5.54 Å². The summed E-state index contributed by atoms with van der Waals surface area (Å²) in [5.41, 5.74) is -1.06. The number of carbonyl (C=O) groups is 2. The lowest BCUT2D eigenvalue weighted by atomic mass is 9.77. The minimum Gasteiger partial charge on any atom is -0.480 e. The van der Waals surface area contributed by atoms with E-state index in [0.29, 0.717) is 24.7 Å². The lowest BCUT2D eigenvalue weighted by Gasteiger charge is -2.36. The average molecular weight is 254 g/mol. The van der Waals surface area contributed by atoms with E-state index in [1.807, 2.05) is 0 Å². The summed E-state index contributed by atoms with van der Waals surface area (Å²) in [6.07, 6.45) is 3.75. The molecule has 0 spiro atoms. The van der Waals surface area contributed by atoms with Crippen molar-refractivity contribution in [2.24, 2.45) is 11.8 Å². The first-order chi connectivity index (χ1) is 8.43. The quantitative estimate of drug-likeness (QED) is 0.717. The molecule has 2 atom stereocenters. The Morgan fingerprint density at radius 2 is 1.78 bits per heavy atom. The molecule has 2 amide bonds. The van der Waals surface area contributed by atoms with Crippen LogP contribution in [0.4, 0.5) is 4.79 Å². The van der Waals surface area contributed by atoms with Gasteiger partial charge < -0.3 is 15.7 Å². The third kappa shape index (κ3) is 2.76. The minimum atomic E-state index is -1.06. The number of hydrogen-bond donors (Lipinski definition) is 3. The first-order valence-electron chi connectivity index (χ1n) is 6.75. The number of urea groups is 1. The highest BCUT2D eigenvalue weighted by Crippen LogP contribution is 2.33. The highest BCUT2D eigenvalue weighted by molar-refractivity contribution is 5.86. The molecule has 0 heterocycles. The first kappa shape index (κ1) is 13.2. The summed E-state index contributed by atoms with van der Waals surface area (Å²) in [7, 11) is 0. The van der Waals surface area contributed by atoms with E-state index in [1.54, 1.807) is 0 Å². The second kappa shape index (κ2) is 4.78. The van der Waals surface area contributed by atoms with Crippen molar-refractivity contribution in [3.05, 3.63) is 0 Å². The van der Waals surface area contributed by atoms with E-state index >= 15 is 0 Å². The molecule has 2 aliphatic rings. The molecule has 18 heavy (non-hydrogen) atoms. The van der Waals surface area contributed by atoms with Gasteiger partial charge in [0, 0.05) is 6.04 Å². The molecule has 5 nitrogen and oxygen atoms in total. The van der Waals surface area contributed by atoms with Gasteiger partial charge in [-0.05, 0) is 43.9 Å². The van der Waals surface area contributed by atoms with Gasteiger partial charge in [-0.15, -0.1) is 0 Å². The van der Waals surface area contributed by atoms with Crippen LogP contribution in [0.15, 0.2) is 0 Å². The molecule has 102 valence electrons. The van der Waals surface area contributed by atoms with Crippen LogP contribution >= 0.6 is 0 Å². The largest absolute Gasteiger partial charge is 0.480 e. The number of amides is 2. The Balaban J connectivity index is 1.93. The molecule has 0 aliphatic heterocycles. The molecule has 2 fully saturated rings. The van der Waals surface area contributed by atoms with Crippen molar-refractivity contribution in [1.82, 2.24) is 10.6 Å². The Kier molecular flexibility index (Phi) is 3.50. The molecule has 0 aromatic rings. The molecule has 2 aliphatic carbocycles. The van der Waals surface area contributed by atoms with Gasteiger partial charge in [-0.1, -0.05) is 13.8 Å². The van der Waals surface area contributed by atoms with Crippen LogP contribution in [0.3, 0.4) is 0 Å². The van der Waals surface area contributed by atoms with Crippen LogP contribution in [-0.2, 0) is 4.79 Å². The molecule has 2 rings (SSSR count). The average Bonchev–Trinajstić information content (AvgIpc) is 2.97. The fourth-order valence-electron chi connectivity index (χ4n) is 2.59. The van der Waals surface area contributed by atoms with Crippen molar-refractivity contribution in [3.8, 4) is 0 Å². The molecule has 2 saturated carbocycles. The van der Waals surface area contributed by atoms with Gasteiger partial charge in [0.2, 0.25) is 0 Å². The maximum absolute atomic E-state index is 11.8. The van der Waals surface area contributed by atoms with Crippen LogP contribution in [0.2, 0.25) is 0 Å². The number of rotatable bonds is 3. The third-order valence-corrected chi connectivity index (χ3v) is 4.32. The van der Waals surface area contributed by atoms with Crippen molar-refractivity contribution in [2.45, 2.75) is 57.5 Å². The zero-order chi connectivity index (χ0) is 13.3. The number of hydrogen-bond acceptors (Lipinski definition) is 2. The molecular weight excluding hydrogens is 232 g/mol. The van der Waals surface area contributed by atoms with Crippen LogP contribution in [0.25, 0.3) is 0 Å². The Hall–Kier alpha value is -1.26. The fraction of sp³-hybridized carbons (Fsp3) is 0.846. The van der Waals surface area contributed by atoms with Crippen LogP contribution in [0.1, 0.15) is 46.0 Å². The SMILES string of the molecule is CC1CCC(NC(=O)NC2CC2C)(C(=O)O)CC1. The predicted molar refractivity (Wildman–Crippen MR) is 67.2 cm³/mol. The zero-order valence-corrected chi connectivity index (χ0v) is 11.0. The molecule has 5 heteroatoms. The van der Waals surface area contributed by atoms with Gasteiger partial charge >= 0.3 is 12.0 Å². The zero-order valence-electron chi connectivity index (χ0n) is 11.0. The number of carbonyl (C=O) groups excluding carboxylic acids is 1. The van der Waals surface area contributed by atoms with E-state index in [1.165, 1.54) is 0 Å².